The number of nitrogens with one attached hydrogen (secondary N) is 2. The number of hydrazine groups is 1. The van der Waals surface area contributed by atoms with Crippen LogP contribution in [0, 0.1) is 0 Å². The Morgan fingerprint density at radius 3 is 3.00 bits per heavy atom. The summed E-state index contributed by atoms with van der Waals surface area (Å²) in [5.41, 5.74) is 2.40. The molecule has 4 N–H and O–H groups in total. The van der Waals surface area contributed by atoms with Gasteiger partial charge in [0.2, 0.25) is 5.95 Å². The first-order chi connectivity index (χ1) is 5.88. The van der Waals surface area contributed by atoms with E-state index in [2.05, 4.69) is 20.7 Å². The maximum Gasteiger partial charge on any atom is 0.239 e. The van der Waals surface area contributed by atoms with Crippen molar-refractivity contribution in [2.75, 3.05) is 10.7 Å². The molecule has 0 aromatic carbocycles. The van der Waals surface area contributed by atoms with E-state index >= 15 is 0 Å². The van der Waals surface area contributed by atoms with E-state index < -0.39 is 0 Å². The van der Waals surface area contributed by atoms with Gasteiger partial charge in [-0.15, -0.1) is 0 Å². The Hall–Kier alpha value is -1.36. The molecule has 0 radical (unpaired) electrons. The topological polar surface area (TPSA) is 75.9 Å². The van der Waals surface area contributed by atoms with Crippen molar-refractivity contribution < 1.29 is 0 Å². The van der Waals surface area contributed by atoms with Gasteiger partial charge in [-0.2, -0.15) is 4.98 Å². The average molecular weight is 165 g/mol. The number of rotatable bonds is 3. The number of hydrogen-bond donors (Lipinski definition) is 3. The van der Waals surface area contributed by atoms with Crippen LogP contribution in [-0.4, -0.2) is 16.0 Å². The minimum Gasteiger partial charge on any atom is -0.367 e. The molecule has 5 heteroatoms. The summed E-state index contributed by atoms with van der Waals surface area (Å²) < 4.78 is 0. The first-order valence-corrected chi connectivity index (χ1v) is 3.94. The second-order valence-corrected chi connectivity index (χ2v) is 2.83. The molecule has 1 aliphatic rings. The van der Waals surface area contributed by atoms with Crippen molar-refractivity contribution in [3.63, 3.8) is 0 Å². The van der Waals surface area contributed by atoms with Crippen LogP contribution in [-0.2, 0) is 0 Å². The fourth-order valence-electron chi connectivity index (χ4n) is 0.945. The summed E-state index contributed by atoms with van der Waals surface area (Å²) in [4.78, 5) is 8.01. The zero-order valence-corrected chi connectivity index (χ0v) is 6.62. The Kier molecular flexibility index (Phi) is 1.79. The Morgan fingerprint density at radius 1 is 1.50 bits per heavy atom. The van der Waals surface area contributed by atoms with Gasteiger partial charge in [-0.25, -0.2) is 10.8 Å². The third-order valence-corrected chi connectivity index (χ3v) is 1.71. The third kappa shape index (κ3) is 1.62. The fourth-order valence-corrected chi connectivity index (χ4v) is 0.945. The summed E-state index contributed by atoms with van der Waals surface area (Å²) in [7, 11) is 0. The molecule has 5 nitrogen and oxygen atoms in total. The quantitative estimate of drug-likeness (QED) is 0.444. The van der Waals surface area contributed by atoms with Gasteiger partial charge in [0.1, 0.15) is 5.82 Å². The molecule has 1 aromatic heterocycles. The molecule has 0 spiro atoms. The largest absolute Gasteiger partial charge is 0.367 e. The van der Waals surface area contributed by atoms with Gasteiger partial charge in [0.25, 0.3) is 0 Å². The van der Waals surface area contributed by atoms with Crippen molar-refractivity contribution in [3.8, 4) is 0 Å². The summed E-state index contributed by atoms with van der Waals surface area (Å²) in [6, 6.07) is 2.43. The van der Waals surface area contributed by atoms with E-state index in [9.17, 15) is 0 Å². The standard InChI is InChI=1S/C7H11N5/c8-12-7-9-4-3-6(11-7)10-5-1-2-5/h3-5H,1-2,8H2,(H2,9,10,11,12). The lowest BCUT2D eigenvalue weighted by Gasteiger charge is -2.03. The zero-order chi connectivity index (χ0) is 8.39. The van der Waals surface area contributed by atoms with Gasteiger partial charge in [-0.3, -0.25) is 5.43 Å². The van der Waals surface area contributed by atoms with Crippen LogP contribution in [0.25, 0.3) is 0 Å². The van der Waals surface area contributed by atoms with Gasteiger partial charge in [0.05, 0.1) is 0 Å². The molecule has 1 fully saturated rings. The van der Waals surface area contributed by atoms with Gasteiger partial charge in [-0.05, 0) is 18.9 Å². The number of nitrogen functional groups attached to an aromatic ring is 1. The highest BCUT2D eigenvalue weighted by Crippen LogP contribution is 2.23. The Labute approximate surface area is 70.4 Å². The Balaban J connectivity index is 2.08. The van der Waals surface area contributed by atoms with E-state index in [1.807, 2.05) is 6.07 Å². The molecular formula is C7H11N5. The van der Waals surface area contributed by atoms with Crippen LogP contribution in [0.4, 0.5) is 11.8 Å². The summed E-state index contributed by atoms with van der Waals surface area (Å²) in [5, 5.41) is 3.24. The summed E-state index contributed by atoms with van der Waals surface area (Å²) in [5.74, 6) is 6.44. The predicted molar refractivity (Wildman–Crippen MR) is 46.5 cm³/mol. The first-order valence-electron chi connectivity index (χ1n) is 3.94. The van der Waals surface area contributed by atoms with E-state index in [4.69, 9.17) is 5.84 Å². The Morgan fingerprint density at radius 2 is 2.33 bits per heavy atom. The minimum absolute atomic E-state index is 0.445. The highest BCUT2D eigenvalue weighted by molar-refractivity contribution is 5.40. The SMILES string of the molecule is NNc1nccc(NC2CC2)n1. The number of nitrogens with two attached hydrogens (primary N) is 1. The van der Waals surface area contributed by atoms with E-state index in [1.54, 1.807) is 6.20 Å². The van der Waals surface area contributed by atoms with Gasteiger partial charge in [0, 0.05) is 12.2 Å². The summed E-state index contributed by atoms with van der Waals surface area (Å²) in [6.07, 6.45) is 4.14. The van der Waals surface area contributed by atoms with Crippen molar-refractivity contribution in [2.45, 2.75) is 18.9 Å². The van der Waals surface area contributed by atoms with Crippen LogP contribution >= 0.6 is 0 Å². The van der Waals surface area contributed by atoms with Crippen LogP contribution in [0.1, 0.15) is 12.8 Å². The van der Waals surface area contributed by atoms with Gasteiger partial charge in [0.15, 0.2) is 0 Å². The minimum atomic E-state index is 0.445. The van der Waals surface area contributed by atoms with E-state index in [1.165, 1.54) is 12.8 Å². The summed E-state index contributed by atoms with van der Waals surface area (Å²) in [6.45, 7) is 0. The molecule has 0 aliphatic heterocycles. The fraction of sp³-hybridized carbons (Fsp3) is 0.429. The number of hydrogen-bond acceptors (Lipinski definition) is 5. The normalized spacial score (nSPS) is 15.8. The third-order valence-electron chi connectivity index (χ3n) is 1.71. The molecule has 1 saturated carbocycles. The lowest BCUT2D eigenvalue weighted by molar-refractivity contribution is 1.07. The molecule has 64 valence electrons. The predicted octanol–water partition coefficient (Wildman–Crippen LogP) is 0.336. The zero-order valence-electron chi connectivity index (χ0n) is 6.62. The highest BCUT2D eigenvalue weighted by Gasteiger charge is 2.21. The Bertz CT molecular complexity index is 270. The van der Waals surface area contributed by atoms with Crippen LogP contribution < -0.4 is 16.6 Å². The second-order valence-electron chi connectivity index (χ2n) is 2.83. The van der Waals surface area contributed by atoms with Gasteiger partial charge >= 0.3 is 0 Å². The molecule has 1 heterocycles. The second kappa shape index (κ2) is 2.94. The molecule has 0 amide bonds. The van der Waals surface area contributed by atoms with Crippen molar-refractivity contribution in [3.05, 3.63) is 12.3 Å². The first kappa shape index (κ1) is 7.30. The number of anilines is 2. The smallest absolute Gasteiger partial charge is 0.239 e. The van der Waals surface area contributed by atoms with E-state index in [-0.39, 0.29) is 0 Å². The number of nitrogens with zero attached hydrogens (tertiary/aromatic N) is 2. The van der Waals surface area contributed by atoms with Crippen LogP contribution in [0.5, 0.6) is 0 Å². The molecule has 0 saturated heterocycles. The van der Waals surface area contributed by atoms with E-state index in [0.29, 0.717) is 12.0 Å². The monoisotopic (exact) mass is 165 g/mol. The van der Waals surface area contributed by atoms with E-state index in [0.717, 1.165) is 5.82 Å². The lowest BCUT2D eigenvalue weighted by atomic mass is 10.5. The maximum absolute atomic E-state index is 5.16. The molecular weight excluding hydrogens is 154 g/mol. The van der Waals surface area contributed by atoms with Crippen molar-refractivity contribution in [1.82, 2.24) is 9.97 Å². The van der Waals surface area contributed by atoms with Crippen LogP contribution in [0.2, 0.25) is 0 Å². The van der Waals surface area contributed by atoms with Crippen molar-refractivity contribution in [1.29, 1.82) is 0 Å². The molecule has 12 heavy (non-hydrogen) atoms. The molecule has 1 aromatic rings. The highest BCUT2D eigenvalue weighted by atomic mass is 15.3. The number of aromatic nitrogens is 2. The summed E-state index contributed by atoms with van der Waals surface area (Å²) >= 11 is 0. The van der Waals surface area contributed by atoms with Gasteiger partial charge < -0.3 is 5.32 Å². The maximum atomic E-state index is 5.16. The molecule has 1 aliphatic carbocycles. The lowest BCUT2D eigenvalue weighted by Crippen LogP contribution is -2.12. The van der Waals surface area contributed by atoms with Crippen LogP contribution in [0.15, 0.2) is 12.3 Å². The molecule has 2 rings (SSSR count). The average Bonchev–Trinajstić information content (AvgIpc) is 2.89. The molecule has 0 atom stereocenters. The van der Waals surface area contributed by atoms with Crippen molar-refractivity contribution in [2.24, 2.45) is 5.84 Å². The molecule has 0 unspecified atom stereocenters. The molecule has 0 bridgehead atoms. The van der Waals surface area contributed by atoms with Crippen LogP contribution in [0.3, 0.4) is 0 Å². The van der Waals surface area contributed by atoms with Crippen molar-refractivity contribution >= 4 is 11.8 Å². The van der Waals surface area contributed by atoms with Gasteiger partial charge in [-0.1, -0.05) is 0 Å².